The Morgan fingerprint density at radius 2 is 2.00 bits per heavy atom. The molecular weight excluding hydrogens is 442 g/mol. The average Bonchev–Trinajstić information content (AvgIpc) is 3.28. The zero-order valence-electron chi connectivity index (χ0n) is 15.4. The fourth-order valence-corrected chi connectivity index (χ4v) is 4.42. The maximum atomic E-state index is 11.8. The van der Waals surface area contributed by atoms with Crippen molar-refractivity contribution >= 4 is 61.3 Å². The molecule has 1 aliphatic heterocycles. The van der Waals surface area contributed by atoms with Gasteiger partial charge in [0, 0.05) is 29.4 Å². The van der Waals surface area contributed by atoms with Gasteiger partial charge in [-0.1, -0.05) is 35.8 Å². The monoisotopic (exact) mass is 455 g/mol. The van der Waals surface area contributed by atoms with Gasteiger partial charge in [0.2, 0.25) is 10.0 Å². The standard InChI is InChI=1S/C20H13N3O4S3/c1-21-30(25,26)16-6-3-12(4-7-16)2-5-13-10-22-11-14-8-15(27-18(13)14)9-17-19(24)23-20(28)29-17/h3-4,6-11,21H,1H3,(H,23,24,28)/b17-9+. The Balaban J connectivity index is 1.65. The van der Waals surface area contributed by atoms with Gasteiger partial charge in [0.25, 0.3) is 5.91 Å². The third kappa shape index (κ3) is 4.15. The third-order valence-electron chi connectivity index (χ3n) is 4.13. The Bertz CT molecular complexity index is 1380. The highest BCUT2D eigenvalue weighted by molar-refractivity contribution is 8.26. The minimum atomic E-state index is -3.49. The van der Waals surface area contributed by atoms with E-state index in [1.807, 2.05) is 0 Å². The van der Waals surface area contributed by atoms with Crippen molar-refractivity contribution in [1.29, 1.82) is 0 Å². The number of fused-ring (bicyclic) bond motifs is 1. The van der Waals surface area contributed by atoms with Crippen LogP contribution in [-0.2, 0) is 14.8 Å². The lowest BCUT2D eigenvalue weighted by molar-refractivity contribution is -0.115. The molecule has 2 aromatic heterocycles. The number of thioether (sulfide) groups is 1. The first-order valence-electron chi connectivity index (χ1n) is 8.54. The summed E-state index contributed by atoms with van der Waals surface area (Å²) in [6.07, 6.45) is 4.86. The van der Waals surface area contributed by atoms with Crippen molar-refractivity contribution in [3.63, 3.8) is 0 Å². The first kappa shape index (κ1) is 20.3. The zero-order valence-corrected chi connectivity index (χ0v) is 17.9. The predicted molar refractivity (Wildman–Crippen MR) is 119 cm³/mol. The Morgan fingerprint density at radius 1 is 1.23 bits per heavy atom. The molecule has 3 heterocycles. The molecule has 1 aliphatic rings. The number of benzene rings is 1. The van der Waals surface area contributed by atoms with E-state index in [1.54, 1.807) is 36.7 Å². The number of thiocarbonyl (C=S) groups is 1. The van der Waals surface area contributed by atoms with Crippen molar-refractivity contribution < 1.29 is 17.6 Å². The summed E-state index contributed by atoms with van der Waals surface area (Å²) in [5.74, 6) is 6.21. The van der Waals surface area contributed by atoms with Crippen LogP contribution in [0.2, 0.25) is 0 Å². The number of nitrogens with zero attached hydrogens (tertiary/aromatic N) is 1. The predicted octanol–water partition coefficient (Wildman–Crippen LogP) is 2.62. The molecule has 1 fully saturated rings. The molecule has 0 aliphatic carbocycles. The van der Waals surface area contributed by atoms with E-state index in [4.69, 9.17) is 16.6 Å². The molecule has 1 aromatic carbocycles. The van der Waals surface area contributed by atoms with E-state index in [0.29, 0.717) is 31.7 Å². The summed E-state index contributed by atoms with van der Waals surface area (Å²) in [5, 5.41) is 3.30. The summed E-state index contributed by atoms with van der Waals surface area (Å²) < 4.78 is 32.1. The van der Waals surface area contributed by atoms with Crippen LogP contribution in [0.1, 0.15) is 16.9 Å². The SMILES string of the molecule is CNS(=O)(=O)c1ccc(C#Cc2cncc3cc(/C=C4/SC(=S)NC4=O)oc23)cc1. The van der Waals surface area contributed by atoms with Crippen LogP contribution in [0.15, 0.2) is 56.9 Å². The molecule has 0 spiro atoms. The molecule has 1 amide bonds. The number of pyridine rings is 1. The number of carbonyl (C=O) groups excluding carboxylic acids is 1. The van der Waals surface area contributed by atoms with E-state index < -0.39 is 10.0 Å². The van der Waals surface area contributed by atoms with Crippen molar-refractivity contribution in [2.75, 3.05) is 7.05 Å². The van der Waals surface area contributed by atoms with Gasteiger partial charge in [-0.3, -0.25) is 9.78 Å². The van der Waals surface area contributed by atoms with E-state index in [0.717, 1.165) is 5.39 Å². The van der Waals surface area contributed by atoms with Crippen molar-refractivity contribution in [1.82, 2.24) is 15.0 Å². The van der Waals surface area contributed by atoms with E-state index in [9.17, 15) is 13.2 Å². The van der Waals surface area contributed by atoms with Crippen LogP contribution in [0.4, 0.5) is 0 Å². The summed E-state index contributed by atoms with van der Waals surface area (Å²) in [7, 11) is -2.13. The Kier molecular flexibility index (Phi) is 5.44. The molecular formula is C20H13N3O4S3. The first-order chi connectivity index (χ1) is 14.4. The molecule has 0 saturated carbocycles. The minimum absolute atomic E-state index is 0.163. The first-order valence-corrected chi connectivity index (χ1v) is 11.2. The third-order valence-corrected chi connectivity index (χ3v) is 6.72. The van der Waals surface area contributed by atoms with Crippen molar-refractivity contribution in [3.05, 3.63) is 64.5 Å². The molecule has 150 valence electrons. The summed E-state index contributed by atoms with van der Waals surface area (Å²) in [6.45, 7) is 0. The van der Waals surface area contributed by atoms with Gasteiger partial charge in [-0.15, -0.1) is 0 Å². The van der Waals surface area contributed by atoms with Gasteiger partial charge in [-0.2, -0.15) is 0 Å². The van der Waals surface area contributed by atoms with Gasteiger partial charge in [-0.05, 0) is 37.4 Å². The normalized spacial score (nSPS) is 15.3. The van der Waals surface area contributed by atoms with Crippen LogP contribution in [0.5, 0.6) is 0 Å². The van der Waals surface area contributed by atoms with Crippen LogP contribution in [-0.4, -0.2) is 30.7 Å². The number of carbonyl (C=O) groups is 1. The smallest absolute Gasteiger partial charge is 0.263 e. The van der Waals surface area contributed by atoms with Crippen molar-refractivity contribution in [3.8, 4) is 11.8 Å². The maximum Gasteiger partial charge on any atom is 0.263 e. The quantitative estimate of drug-likeness (QED) is 0.356. The lowest BCUT2D eigenvalue weighted by Gasteiger charge is -2.01. The number of hydrogen-bond acceptors (Lipinski definition) is 7. The molecule has 10 heteroatoms. The van der Waals surface area contributed by atoms with Gasteiger partial charge in [0.1, 0.15) is 10.1 Å². The van der Waals surface area contributed by atoms with E-state index in [-0.39, 0.29) is 10.8 Å². The molecule has 0 unspecified atom stereocenters. The second-order valence-corrected chi connectivity index (χ2v) is 9.69. The number of rotatable bonds is 3. The number of aromatic nitrogens is 1. The van der Waals surface area contributed by atoms with Crippen molar-refractivity contribution in [2.45, 2.75) is 4.90 Å². The highest BCUT2D eigenvalue weighted by atomic mass is 32.2. The highest BCUT2D eigenvalue weighted by Crippen LogP contribution is 2.29. The minimum Gasteiger partial charge on any atom is -0.455 e. The maximum absolute atomic E-state index is 11.8. The number of amides is 1. The van der Waals surface area contributed by atoms with Crippen LogP contribution in [0.3, 0.4) is 0 Å². The zero-order chi connectivity index (χ0) is 21.3. The lowest BCUT2D eigenvalue weighted by Crippen LogP contribution is -2.18. The molecule has 3 aromatic rings. The number of furan rings is 1. The molecule has 30 heavy (non-hydrogen) atoms. The molecule has 0 atom stereocenters. The van der Waals surface area contributed by atoms with Gasteiger partial charge in [-0.25, -0.2) is 13.1 Å². The second kappa shape index (κ2) is 8.04. The number of nitrogens with one attached hydrogen (secondary N) is 2. The van der Waals surface area contributed by atoms with Crippen molar-refractivity contribution in [2.24, 2.45) is 0 Å². The Hall–Kier alpha value is -2.97. The Labute approximate surface area is 182 Å². The van der Waals surface area contributed by atoms with E-state index in [1.165, 1.54) is 30.9 Å². The largest absolute Gasteiger partial charge is 0.455 e. The molecule has 2 N–H and O–H groups in total. The summed E-state index contributed by atoms with van der Waals surface area (Å²) in [5.41, 5.74) is 1.76. The van der Waals surface area contributed by atoms with Gasteiger partial charge >= 0.3 is 0 Å². The molecule has 0 bridgehead atoms. The topological polar surface area (TPSA) is 101 Å². The lowest BCUT2D eigenvalue weighted by atomic mass is 10.2. The fourth-order valence-electron chi connectivity index (χ4n) is 2.67. The van der Waals surface area contributed by atoms with Crippen LogP contribution >= 0.6 is 24.0 Å². The average molecular weight is 456 g/mol. The van der Waals surface area contributed by atoms with Gasteiger partial charge in [0.15, 0.2) is 5.58 Å². The highest BCUT2D eigenvalue weighted by Gasteiger charge is 2.22. The van der Waals surface area contributed by atoms with Crippen LogP contribution in [0.25, 0.3) is 17.0 Å². The second-order valence-electron chi connectivity index (χ2n) is 6.09. The fraction of sp³-hybridized carbons (Fsp3) is 0.0500. The molecule has 1 saturated heterocycles. The summed E-state index contributed by atoms with van der Waals surface area (Å²) >= 11 is 6.16. The summed E-state index contributed by atoms with van der Waals surface area (Å²) in [4.78, 5) is 16.6. The molecule has 7 nitrogen and oxygen atoms in total. The molecule has 4 rings (SSSR count). The van der Waals surface area contributed by atoms with Crippen LogP contribution in [0, 0.1) is 11.8 Å². The van der Waals surface area contributed by atoms with Crippen LogP contribution < -0.4 is 10.0 Å². The Morgan fingerprint density at radius 3 is 2.67 bits per heavy atom. The molecule has 0 radical (unpaired) electrons. The summed E-state index contributed by atoms with van der Waals surface area (Å²) in [6, 6.07) is 8.00. The van der Waals surface area contributed by atoms with E-state index >= 15 is 0 Å². The number of hydrogen-bond donors (Lipinski definition) is 2. The van der Waals surface area contributed by atoms with Gasteiger partial charge in [0.05, 0.1) is 15.4 Å². The van der Waals surface area contributed by atoms with Gasteiger partial charge < -0.3 is 9.73 Å². The van der Waals surface area contributed by atoms with E-state index in [2.05, 4.69) is 26.9 Å². The number of sulfonamides is 1.